The zero-order chi connectivity index (χ0) is 23.6. The van der Waals surface area contributed by atoms with Gasteiger partial charge in [-0.3, -0.25) is 9.52 Å². The molecule has 0 fully saturated rings. The summed E-state index contributed by atoms with van der Waals surface area (Å²) in [6.45, 7) is 5.49. The number of anilines is 2. The first kappa shape index (κ1) is 24.4. The second-order valence-corrected chi connectivity index (χ2v) is 10.8. The fourth-order valence-corrected chi connectivity index (χ4v) is 5.01. The zero-order valence-electron chi connectivity index (χ0n) is 17.4. The lowest BCUT2D eigenvalue weighted by molar-refractivity contribution is -0.118. The number of hydrogen-bond acceptors (Lipinski definition) is 7. The molecule has 0 spiro atoms. The molecule has 2 heterocycles. The molecule has 1 amide bonds. The first-order valence-corrected chi connectivity index (χ1v) is 12.5. The molecule has 0 aliphatic heterocycles. The summed E-state index contributed by atoms with van der Waals surface area (Å²) in [7, 11) is -3.91. The van der Waals surface area contributed by atoms with Crippen LogP contribution in [0.2, 0.25) is 10.2 Å². The number of halogens is 2. The molecule has 3 rings (SSSR count). The Balaban J connectivity index is 1.88. The van der Waals surface area contributed by atoms with Crippen molar-refractivity contribution in [3.63, 3.8) is 0 Å². The van der Waals surface area contributed by atoms with E-state index in [2.05, 4.69) is 20.0 Å². The van der Waals surface area contributed by atoms with Gasteiger partial charge < -0.3 is 11.1 Å². The van der Waals surface area contributed by atoms with Gasteiger partial charge in [0.15, 0.2) is 10.3 Å². The number of carbonyl (C=O) groups is 1. The van der Waals surface area contributed by atoms with Crippen molar-refractivity contribution in [2.45, 2.75) is 31.7 Å². The van der Waals surface area contributed by atoms with Crippen LogP contribution in [-0.2, 0) is 14.8 Å². The van der Waals surface area contributed by atoms with Gasteiger partial charge in [-0.2, -0.15) is 0 Å². The molecule has 0 aliphatic carbocycles. The molecule has 32 heavy (non-hydrogen) atoms. The maximum absolute atomic E-state index is 12.7. The summed E-state index contributed by atoms with van der Waals surface area (Å²) in [6, 6.07) is 6.64. The van der Waals surface area contributed by atoms with E-state index >= 15 is 0 Å². The fourth-order valence-electron chi connectivity index (χ4n) is 2.67. The summed E-state index contributed by atoms with van der Waals surface area (Å²) in [5.41, 5.74) is 7.22. The Morgan fingerprint density at radius 1 is 1.19 bits per heavy atom. The lowest BCUT2D eigenvalue weighted by Crippen LogP contribution is -2.39. The molecular formula is C20H21Cl2N5O3S2. The van der Waals surface area contributed by atoms with Crippen LogP contribution in [0, 0.1) is 12.8 Å². The number of nitrogens with zero attached hydrogens (tertiary/aromatic N) is 2. The molecule has 4 N–H and O–H groups in total. The predicted octanol–water partition coefficient (Wildman–Crippen LogP) is 4.54. The molecule has 0 radical (unpaired) electrons. The van der Waals surface area contributed by atoms with Gasteiger partial charge in [-0.25, -0.2) is 18.4 Å². The van der Waals surface area contributed by atoms with Crippen molar-refractivity contribution >= 4 is 61.3 Å². The molecule has 0 saturated carbocycles. The van der Waals surface area contributed by atoms with Crippen molar-refractivity contribution < 1.29 is 13.2 Å². The Morgan fingerprint density at radius 3 is 2.47 bits per heavy atom. The van der Waals surface area contributed by atoms with E-state index in [1.54, 1.807) is 13.0 Å². The average Bonchev–Trinajstić information content (AvgIpc) is 3.09. The third-order valence-electron chi connectivity index (χ3n) is 4.52. The van der Waals surface area contributed by atoms with Crippen LogP contribution in [0.4, 0.5) is 10.8 Å². The van der Waals surface area contributed by atoms with Gasteiger partial charge in [0.1, 0.15) is 0 Å². The van der Waals surface area contributed by atoms with Gasteiger partial charge in [-0.1, -0.05) is 48.4 Å². The number of sulfonamides is 1. The van der Waals surface area contributed by atoms with Crippen LogP contribution >= 0.6 is 34.5 Å². The lowest BCUT2D eigenvalue weighted by atomic mass is 10.1. The molecule has 0 unspecified atom stereocenters. The summed E-state index contributed by atoms with van der Waals surface area (Å²) in [4.78, 5) is 21.4. The van der Waals surface area contributed by atoms with Crippen LogP contribution in [0.5, 0.6) is 0 Å². The summed E-state index contributed by atoms with van der Waals surface area (Å²) in [5.74, 6) is -0.349. The van der Waals surface area contributed by atoms with Gasteiger partial charge in [-0.05, 0) is 43.2 Å². The molecular weight excluding hydrogens is 493 g/mol. The highest BCUT2D eigenvalue weighted by Gasteiger charge is 2.21. The smallest absolute Gasteiger partial charge is 0.261 e. The predicted molar refractivity (Wildman–Crippen MR) is 129 cm³/mol. The van der Waals surface area contributed by atoms with Crippen LogP contribution in [-0.4, -0.2) is 30.3 Å². The molecule has 0 aliphatic rings. The van der Waals surface area contributed by atoms with Crippen molar-refractivity contribution in [1.29, 1.82) is 0 Å². The number of aryl methyl sites for hydroxylation is 1. The van der Waals surface area contributed by atoms with E-state index in [1.165, 1.54) is 41.8 Å². The molecule has 2 aromatic heterocycles. The SMILES string of the molecule is Cc1nc(NC(=O)[C@@H](N)C(C)C)sc1-c1cnc(Cl)c(NS(=O)(=O)c2ccc(Cl)cc2)c1. The Morgan fingerprint density at radius 2 is 1.84 bits per heavy atom. The largest absolute Gasteiger partial charge is 0.320 e. The maximum atomic E-state index is 12.7. The first-order valence-electron chi connectivity index (χ1n) is 9.46. The number of thiazole rings is 1. The Kier molecular flexibility index (Phi) is 7.41. The van der Waals surface area contributed by atoms with Gasteiger partial charge in [0, 0.05) is 16.8 Å². The van der Waals surface area contributed by atoms with Crippen LogP contribution in [0.1, 0.15) is 19.5 Å². The number of pyridine rings is 1. The molecule has 0 bridgehead atoms. The quantitative estimate of drug-likeness (QED) is 0.397. The van der Waals surface area contributed by atoms with E-state index in [1.807, 2.05) is 13.8 Å². The molecule has 8 nitrogen and oxygen atoms in total. The topological polar surface area (TPSA) is 127 Å². The van der Waals surface area contributed by atoms with Crippen LogP contribution in [0.15, 0.2) is 41.4 Å². The number of amides is 1. The normalized spacial score (nSPS) is 12.6. The van der Waals surface area contributed by atoms with Crippen molar-refractivity contribution in [2.24, 2.45) is 11.7 Å². The van der Waals surface area contributed by atoms with Crippen molar-refractivity contribution in [3.8, 4) is 10.4 Å². The van der Waals surface area contributed by atoms with Gasteiger partial charge in [0.25, 0.3) is 10.0 Å². The number of carbonyl (C=O) groups excluding carboxylic acids is 1. The third-order valence-corrected chi connectivity index (χ3v) is 7.57. The number of aromatic nitrogens is 2. The van der Waals surface area contributed by atoms with Gasteiger partial charge in [0.05, 0.1) is 27.2 Å². The van der Waals surface area contributed by atoms with Crippen molar-refractivity contribution in [3.05, 3.63) is 52.4 Å². The maximum Gasteiger partial charge on any atom is 0.261 e. The number of nitrogens with two attached hydrogens (primary N) is 1. The molecule has 1 atom stereocenters. The standard InChI is InChI=1S/C20H21Cl2N5O3S2/c1-10(2)16(23)19(28)26-20-25-11(3)17(31-20)12-8-15(18(22)24-9-12)27-32(29,30)14-6-4-13(21)5-7-14/h4-10,16,27H,23H2,1-3H3,(H,25,26,28)/t16-/m0/s1. The Bertz CT molecular complexity index is 1240. The Hall–Kier alpha value is -2.24. The van der Waals surface area contributed by atoms with E-state index in [9.17, 15) is 13.2 Å². The lowest BCUT2D eigenvalue weighted by Gasteiger charge is -2.13. The van der Waals surface area contributed by atoms with Crippen LogP contribution in [0.3, 0.4) is 0 Å². The van der Waals surface area contributed by atoms with Gasteiger partial charge >= 0.3 is 0 Å². The Labute approximate surface area is 200 Å². The highest BCUT2D eigenvalue weighted by atomic mass is 35.5. The minimum Gasteiger partial charge on any atom is -0.320 e. The average molecular weight is 514 g/mol. The molecule has 3 aromatic rings. The second-order valence-electron chi connectivity index (χ2n) is 7.31. The van der Waals surface area contributed by atoms with Crippen LogP contribution < -0.4 is 15.8 Å². The molecule has 1 aromatic carbocycles. The van der Waals surface area contributed by atoms with E-state index in [0.717, 1.165) is 0 Å². The summed E-state index contributed by atoms with van der Waals surface area (Å²) in [5, 5.41) is 3.52. The minimum absolute atomic E-state index is 0.00936. The first-order chi connectivity index (χ1) is 15.0. The van der Waals surface area contributed by atoms with Crippen molar-refractivity contribution in [2.75, 3.05) is 10.0 Å². The van der Waals surface area contributed by atoms with Crippen molar-refractivity contribution in [1.82, 2.24) is 9.97 Å². The zero-order valence-corrected chi connectivity index (χ0v) is 20.5. The third kappa shape index (κ3) is 5.57. The minimum atomic E-state index is -3.91. The van der Waals surface area contributed by atoms with Gasteiger partial charge in [-0.15, -0.1) is 0 Å². The molecule has 0 saturated heterocycles. The molecule has 12 heteroatoms. The van der Waals surface area contributed by atoms with Gasteiger partial charge in [0.2, 0.25) is 5.91 Å². The number of nitrogens with one attached hydrogen (secondary N) is 2. The molecule has 170 valence electrons. The fraction of sp³-hybridized carbons (Fsp3) is 0.250. The monoisotopic (exact) mass is 513 g/mol. The highest BCUT2D eigenvalue weighted by Crippen LogP contribution is 2.35. The number of benzene rings is 1. The van der Waals surface area contributed by atoms with Crippen LogP contribution in [0.25, 0.3) is 10.4 Å². The second kappa shape index (κ2) is 9.72. The number of rotatable bonds is 7. The summed E-state index contributed by atoms with van der Waals surface area (Å²) in [6.07, 6.45) is 1.51. The van der Waals surface area contributed by atoms with E-state index in [4.69, 9.17) is 28.9 Å². The summed E-state index contributed by atoms with van der Waals surface area (Å²) >= 11 is 13.2. The number of hydrogen-bond donors (Lipinski definition) is 3. The summed E-state index contributed by atoms with van der Waals surface area (Å²) < 4.78 is 27.9. The van der Waals surface area contributed by atoms with E-state index in [-0.39, 0.29) is 27.6 Å². The van der Waals surface area contributed by atoms with E-state index < -0.39 is 16.1 Å². The highest BCUT2D eigenvalue weighted by molar-refractivity contribution is 7.92. The van der Waals surface area contributed by atoms with E-state index in [0.29, 0.717) is 26.3 Å².